The maximum absolute atomic E-state index is 13.6. The molecule has 5 fully saturated rings. The quantitative estimate of drug-likeness (QED) is 0.209. The van der Waals surface area contributed by atoms with E-state index in [1.54, 1.807) is 13.8 Å². The van der Waals surface area contributed by atoms with Crippen LogP contribution in [0.2, 0.25) is 0 Å². The molecule has 2 heterocycles. The van der Waals surface area contributed by atoms with Gasteiger partial charge < -0.3 is 29.2 Å². The third-order valence-electron chi connectivity index (χ3n) is 10.9. The van der Waals surface area contributed by atoms with E-state index in [1.807, 2.05) is 27.7 Å². The summed E-state index contributed by atoms with van der Waals surface area (Å²) in [5, 5.41) is 23.4. The highest BCUT2D eigenvalue weighted by Crippen LogP contribution is 2.72. The number of carbonyl (C=O) groups excluding carboxylic acids is 5. The van der Waals surface area contributed by atoms with Crippen molar-refractivity contribution in [2.45, 2.75) is 84.4 Å². The van der Waals surface area contributed by atoms with Crippen LogP contribution in [0.5, 0.6) is 0 Å². The molecule has 3 saturated carbocycles. The van der Waals surface area contributed by atoms with Crippen LogP contribution in [-0.4, -0.2) is 83.4 Å². The molecule has 11 atom stereocenters. The highest BCUT2D eigenvalue weighted by molar-refractivity contribution is 6.38. The highest BCUT2D eigenvalue weighted by Gasteiger charge is 2.85. The van der Waals surface area contributed by atoms with Crippen molar-refractivity contribution in [1.82, 2.24) is 0 Å². The number of fused-ring (bicyclic) bond motifs is 2. The summed E-state index contributed by atoms with van der Waals surface area (Å²) in [7, 11) is 1.10. The first-order chi connectivity index (χ1) is 19.1. The molecule has 2 unspecified atom stereocenters. The maximum atomic E-state index is 13.6. The molecule has 3 aliphatic carbocycles. The second-order valence-corrected chi connectivity index (χ2v) is 13.4. The van der Waals surface area contributed by atoms with Crippen LogP contribution in [-0.2, 0) is 42.9 Å². The van der Waals surface area contributed by atoms with Crippen molar-refractivity contribution in [1.29, 1.82) is 0 Å². The van der Waals surface area contributed by atoms with Crippen LogP contribution in [0.15, 0.2) is 11.6 Å². The number of aliphatic hydroxyl groups is 2. The van der Waals surface area contributed by atoms with Crippen LogP contribution in [0.4, 0.5) is 0 Å². The van der Waals surface area contributed by atoms with E-state index in [0.717, 1.165) is 12.7 Å². The number of carbonyl (C=O) groups is 5. The van der Waals surface area contributed by atoms with E-state index in [0.29, 0.717) is 0 Å². The Kier molecular flexibility index (Phi) is 7.07. The zero-order chi connectivity index (χ0) is 30.4. The summed E-state index contributed by atoms with van der Waals surface area (Å²) in [5.41, 5.74) is -3.78. The summed E-state index contributed by atoms with van der Waals surface area (Å²) in [6.07, 6.45) is -4.77. The minimum Gasteiger partial charge on any atom is -0.467 e. The molecule has 1 spiro atoms. The normalized spacial score (nSPS) is 44.6. The van der Waals surface area contributed by atoms with Crippen molar-refractivity contribution in [2.24, 2.45) is 46.3 Å². The van der Waals surface area contributed by atoms with Gasteiger partial charge in [0.05, 0.1) is 25.7 Å². The van der Waals surface area contributed by atoms with Crippen molar-refractivity contribution in [3.05, 3.63) is 11.6 Å². The van der Waals surface area contributed by atoms with E-state index in [4.69, 9.17) is 18.9 Å². The number of hydrogen-bond acceptors (Lipinski definition) is 11. The summed E-state index contributed by atoms with van der Waals surface area (Å²) in [5.74, 6) is -7.21. The van der Waals surface area contributed by atoms with Gasteiger partial charge in [-0.1, -0.05) is 47.1 Å². The molecule has 11 heteroatoms. The minimum absolute atomic E-state index is 0.0181. The minimum atomic E-state index is -2.24. The Morgan fingerprint density at radius 3 is 2.29 bits per heavy atom. The third-order valence-corrected chi connectivity index (χ3v) is 10.9. The fourth-order valence-electron chi connectivity index (χ4n) is 9.35. The van der Waals surface area contributed by atoms with Crippen molar-refractivity contribution < 1.29 is 53.1 Å². The second kappa shape index (κ2) is 9.70. The number of allylic oxidation sites excluding steroid dienone is 1. The smallest absolute Gasteiger partial charge is 0.348 e. The van der Waals surface area contributed by atoms with Gasteiger partial charge in [-0.05, 0) is 29.6 Å². The van der Waals surface area contributed by atoms with Crippen LogP contribution in [0.3, 0.4) is 0 Å². The largest absolute Gasteiger partial charge is 0.467 e. The van der Waals surface area contributed by atoms with Gasteiger partial charge in [0, 0.05) is 29.7 Å². The van der Waals surface area contributed by atoms with Crippen molar-refractivity contribution >= 4 is 29.5 Å². The van der Waals surface area contributed by atoms with Gasteiger partial charge in [0.2, 0.25) is 17.5 Å². The molecule has 0 aromatic heterocycles. The fourth-order valence-corrected chi connectivity index (χ4v) is 9.35. The molecular weight excluding hydrogens is 536 g/mol. The number of ether oxygens (including phenoxy) is 4. The molecule has 5 aliphatic rings. The first-order valence-corrected chi connectivity index (χ1v) is 14.4. The zero-order valence-electron chi connectivity index (χ0n) is 24.5. The number of aliphatic hydroxyl groups excluding tert-OH is 2. The molecule has 11 nitrogen and oxygen atoms in total. The van der Waals surface area contributed by atoms with Gasteiger partial charge in [0.25, 0.3) is 0 Å². The molecule has 2 aliphatic heterocycles. The predicted molar refractivity (Wildman–Crippen MR) is 140 cm³/mol. The lowest BCUT2D eigenvalue weighted by Gasteiger charge is -2.67. The monoisotopic (exact) mass is 576 g/mol. The molecule has 41 heavy (non-hydrogen) atoms. The molecular formula is C30H40O11. The van der Waals surface area contributed by atoms with Crippen LogP contribution < -0.4 is 0 Å². The molecule has 2 saturated heterocycles. The van der Waals surface area contributed by atoms with Crippen LogP contribution in [0, 0.1) is 46.3 Å². The van der Waals surface area contributed by atoms with Gasteiger partial charge in [-0.25, -0.2) is 14.4 Å². The van der Waals surface area contributed by atoms with Gasteiger partial charge in [-0.2, -0.15) is 0 Å². The predicted octanol–water partition coefficient (Wildman–Crippen LogP) is 1.16. The number of ketones is 2. The van der Waals surface area contributed by atoms with Crippen LogP contribution in [0.25, 0.3) is 0 Å². The van der Waals surface area contributed by atoms with E-state index in [1.165, 1.54) is 6.08 Å². The van der Waals surface area contributed by atoms with Gasteiger partial charge in [0.1, 0.15) is 12.2 Å². The van der Waals surface area contributed by atoms with Crippen molar-refractivity contribution in [2.75, 3.05) is 13.7 Å². The highest BCUT2D eigenvalue weighted by atomic mass is 16.6. The summed E-state index contributed by atoms with van der Waals surface area (Å²) in [6.45, 7) is 10.9. The molecule has 226 valence electrons. The summed E-state index contributed by atoms with van der Waals surface area (Å²) in [6, 6.07) is 0. The number of esters is 3. The second-order valence-electron chi connectivity index (χ2n) is 13.4. The molecule has 0 aromatic rings. The average Bonchev–Trinajstić information content (AvgIpc) is 3.20. The van der Waals surface area contributed by atoms with E-state index in [-0.39, 0.29) is 31.3 Å². The van der Waals surface area contributed by atoms with Crippen molar-refractivity contribution in [3.8, 4) is 0 Å². The third kappa shape index (κ3) is 3.77. The lowest BCUT2D eigenvalue weighted by atomic mass is 9.37. The first-order valence-electron chi connectivity index (χ1n) is 14.4. The van der Waals surface area contributed by atoms with E-state index in [2.05, 4.69) is 0 Å². The lowest BCUT2D eigenvalue weighted by Crippen LogP contribution is -2.79. The van der Waals surface area contributed by atoms with Gasteiger partial charge in [0.15, 0.2) is 5.78 Å². The number of hydrogen-bond donors (Lipinski definition) is 2. The number of Topliss-reactive ketones (excluding diaryl/α,β-unsaturated/α-hetero) is 2. The Bertz CT molecular complexity index is 1210. The summed E-state index contributed by atoms with van der Waals surface area (Å²) in [4.78, 5) is 66.0. The van der Waals surface area contributed by atoms with Gasteiger partial charge >= 0.3 is 17.9 Å². The van der Waals surface area contributed by atoms with Crippen LogP contribution >= 0.6 is 0 Å². The molecule has 5 rings (SSSR count). The van der Waals surface area contributed by atoms with Gasteiger partial charge in [-0.3, -0.25) is 9.59 Å². The fraction of sp³-hybridized carbons (Fsp3) is 0.767. The summed E-state index contributed by atoms with van der Waals surface area (Å²) < 4.78 is 22.9. The Hall–Kier alpha value is -2.63. The number of methoxy groups -OCH3 is 1. The van der Waals surface area contributed by atoms with Crippen LogP contribution in [0.1, 0.15) is 54.4 Å². The SMILES string of the molecule is COC(=O)[C@@]12OC[C@@]34C1[C@@H](OC(=O)C=C(C(C)C)C(C)C)C(=O)O[C@@H]3C[C@H]1C(C)C(=O)C(=O)C[C@]1(C)[C@H]4[C@@H](O)[C@@H]2O. The molecule has 0 radical (unpaired) electrons. The standard InChI is InChI=1S/C30H40O11/c1-12(2)15(13(3)4)8-19(32)41-22-24-29-11-39-30(24,27(37)38-7)25(35)21(34)23(29)28(6)10-17(31)20(33)14(5)16(28)9-18(29)40-26(22)36/h8,12-14,16,18,21-25,34-35H,9-11H2,1-7H3/t14?,16-,18+,21+,22+,23+,24?,25-,28-,29+,30+/m0/s1. The Morgan fingerprint density at radius 2 is 1.71 bits per heavy atom. The molecule has 0 amide bonds. The van der Waals surface area contributed by atoms with E-state index >= 15 is 0 Å². The topological polar surface area (TPSA) is 163 Å². The lowest BCUT2D eigenvalue weighted by molar-refractivity contribution is -0.295. The van der Waals surface area contributed by atoms with E-state index < -0.39 is 94.0 Å². The van der Waals surface area contributed by atoms with Crippen molar-refractivity contribution in [3.63, 3.8) is 0 Å². The van der Waals surface area contributed by atoms with E-state index in [9.17, 15) is 34.2 Å². The average molecular weight is 577 g/mol. The molecule has 0 aromatic carbocycles. The number of rotatable bonds is 5. The Balaban J connectivity index is 1.68. The maximum Gasteiger partial charge on any atom is 0.348 e. The Labute approximate surface area is 238 Å². The molecule has 2 bridgehead atoms. The Morgan fingerprint density at radius 1 is 1.07 bits per heavy atom. The zero-order valence-corrected chi connectivity index (χ0v) is 24.5. The molecule has 2 N–H and O–H groups in total. The first kappa shape index (κ1) is 29.8. The van der Waals surface area contributed by atoms with Gasteiger partial charge in [-0.15, -0.1) is 0 Å². The summed E-state index contributed by atoms with van der Waals surface area (Å²) >= 11 is 0.